The lowest BCUT2D eigenvalue weighted by Gasteiger charge is -2.38. The Morgan fingerprint density at radius 2 is 1.66 bits per heavy atom. The number of aryl methyl sites for hydroxylation is 1. The van der Waals surface area contributed by atoms with Crippen molar-refractivity contribution in [2.45, 2.75) is 89.9 Å². The molecule has 1 unspecified atom stereocenters. The van der Waals surface area contributed by atoms with E-state index < -0.39 is 0 Å². The first-order chi connectivity index (χ1) is 18.4. The molecular weight excluding hydrogens is 490 g/mol. The molecule has 4 nitrogen and oxygen atoms in total. The second-order valence-corrected chi connectivity index (χ2v) is 11.8. The zero-order valence-electron chi connectivity index (χ0n) is 23.0. The van der Waals surface area contributed by atoms with Gasteiger partial charge < -0.3 is 4.90 Å². The Bertz CT molecular complexity index is 1230. The topological polar surface area (TPSA) is 36.4 Å². The molecule has 2 aliphatic carbocycles. The van der Waals surface area contributed by atoms with Crippen LogP contribution in [0, 0.1) is 0 Å². The van der Waals surface area contributed by atoms with Gasteiger partial charge in [0.1, 0.15) is 5.69 Å². The van der Waals surface area contributed by atoms with Crippen LogP contribution in [0.4, 0.5) is 0 Å². The Morgan fingerprint density at radius 3 is 2.34 bits per heavy atom. The number of fused-ring (bicyclic) bond motifs is 1. The lowest BCUT2D eigenvalue weighted by atomic mass is 9.86. The highest BCUT2D eigenvalue weighted by molar-refractivity contribution is 6.30. The van der Waals surface area contributed by atoms with Crippen LogP contribution in [0.3, 0.4) is 0 Å². The molecule has 1 heterocycles. The lowest BCUT2D eigenvalue weighted by molar-refractivity contribution is 0.0713. The molecule has 3 aromatic rings. The average molecular weight is 530 g/mol. The van der Waals surface area contributed by atoms with Gasteiger partial charge in [0.05, 0.1) is 0 Å². The Morgan fingerprint density at radius 1 is 0.921 bits per heavy atom. The van der Waals surface area contributed by atoms with Gasteiger partial charge >= 0.3 is 0 Å². The summed E-state index contributed by atoms with van der Waals surface area (Å²) in [5.74, 6) is -0.0159. The van der Waals surface area contributed by atoms with Gasteiger partial charge in [-0.25, -0.2) is 0 Å². The van der Waals surface area contributed by atoms with Crippen molar-refractivity contribution in [2.24, 2.45) is 0 Å². The van der Waals surface area contributed by atoms with Crippen molar-refractivity contribution in [2.75, 3.05) is 7.05 Å². The molecule has 1 fully saturated rings. The lowest BCUT2D eigenvalue weighted by Crippen LogP contribution is -2.41. The number of halogens is 1. The van der Waals surface area contributed by atoms with Crippen LogP contribution in [0.25, 0.3) is 11.1 Å². The number of aromatic nitrogens is 1. The third kappa shape index (κ3) is 6.13. The summed E-state index contributed by atoms with van der Waals surface area (Å²) in [5.41, 5.74) is 6.76. The molecule has 2 aromatic carbocycles. The third-order valence-electron chi connectivity index (χ3n) is 8.57. The van der Waals surface area contributed by atoms with Crippen LogP contribution in [-0.4, -0.2) is 45.9 Å². The van der Waals surface area contributed by atoms with Gasteiger partial charge in [0.25, 0.3) is 5.91 Å². The molecule has 38 heavy (non-hydrogen) atoms. The maximum atomic E-state index is 13.3. The van der Waals surface area contributed by atoms with Crippen LogP contribution in [0.2, 0.25) is 5.02 Å². The molecule has 0 aliphatic heterocycles. The van der Waals surface area contributed by atoms with E-state index in [9.17, 15) is 4.79 Å². The first-order valence-electron chi connectivity index (χ1n) is 14.2. The Kier molecular flexibility index (Phi) is 8.50. The molecule has 0 spiro atoms. The monoisotopic (exact) mass is 529 g/mol. The fraction of sp³-hybridized carbons (Fsp3) is 0.455. The predicted octanol–water partition coefficient (Wildman–Crippen LogP) is 7.57. The van der Waals surface area contributed by atoms with Gasteiger partial charge in [-0.1, -0.05) is 67.3 Å². The molecule has 200 valence electrons. The number of carbonyl (C=O) groups excluding carboxylic acids is 1. The number of hydrogen-bond donors (Lipinski definition) is 0. The van der Waals surface area contributed by atoms with E-state index in [-0.39, 0.29) is 11.9 Å². The number of rotatable bonds is 7. The van der Waals surface area contributed by atoms with Crippen LogP contribution < -0.4 is 0 Å². The number of likely N-dealkylation sites (N-methyl/N-ethyl adjacent to an activating group) is 1. The summed E-state index contributed by atoms with van der Waals surface area (Å²) < 4.78 is 0. The van der Waals surface area contributed by atoms with Crippen molar-refractivity contribution in [1.82, 2.24) is 14.8 Å². The highest BCUT2D eigenvalue weighted by Gasteiger charge is 2.28. The molecule has 0 saturated heterocycles. The van der Waals surface area contributed by atoms with Crippen LogP contribution in [0.1, 0.15) is 79.6 Å². The van der Waals surface area contributed by atoms with Crippen LogP contribution in [-0.2, 0) is 19.4 Å². The Labute approximate surface area is 233 Å². The molecule has 2 aliphatic rings. The number of pyridine rings is 1. The number of carbonyl (C=O) groups is 1. The first kappa shape index (κ1) is 26.9. The van der Waals surface area contributed by atoms with Crippen LogP contribution in [0.15, 0.2) is 60.8 Å². The van der Waals surface area contributed by atoms with Crippen LogP contribution >= 0.6 is 11.6 Å². The Balaban J connectivity index is 1.22. The minimum absolute atomic E-state index is 0.0159. The average Bonchev–Trinajstić information content (AvgIpc) is 2.95. The smallest absolute Gasteiger partial charge is 0.272 e. The number of benzene rings is 2. The molecule has 0 N–H and O–H groups in total. The molecule has 1 amide bonds. The highest BCUT2D eigenvalue weighted by Crippen LogP contribution is 2.29. The van der Waals surface area contributed by atoms with Gasteiger partial charge in [-0.2, -0.15) is 0 Å². The number of amides is 1. The zero-order chi connectivity index (χ0) is 26.6. The second kappa shape index (κ2) is 12.0. The van der Waals surface area contributed by atoms with Gasteiger partial charge in [-0.05, 0) is 86.4 Å². The SMILES string of the molecule is CC(C)N(Cc1ccc2c(c1)CCC(N(C)C(=O)c1ccc(-c3ccc(Cl)cc3)cn1)C2)C1CCCCC1. The minimum Gasteiger partial charge on any atom is -0.337 e. The first-order valence-corrected chi connectivity index (χ1v) is 14.6. The van der Waals surface area contributed by atoms with E-state index in [1.54, 1.807) is 6.20 Å². The van der Waals surface area contributed by atoms with E-state index in [0.29, 0.717) is 16.8 Å². The molecule has 5 heteroatoms. The van der Waals surface area contributed by atoms with Gasteiger partial charge in [-0.3, -0.25) is 14.7 Å². The summed E-state index contributed by atoms with van der Waals surface area (Å²) in [6, 6.07) is 20.0. The van der Waals surface area contributed by atoms with Gasteiger partial charge in [0, 0.05) is 48.5 Å². The molecular formula is C33H40ClN3O. The molecule has 5 rings (SSSR count). The number of nitrogens with zero attached hydrogens (tertiary/aromatic N) is 3. The minimum atomic E-state index is -0.0159. The van der Waals surface area contributed by atoms with E-state index in [1.165, 1.54) is 48.8 Å². The zero-order valence-corrected chi connectivity index (χ0v) is 23.8. The fourth-order valence-corrected chi connectivity index (χ4v) is 6.38. The second-order valence-electron chi connectivity index (χ2n) is 11.4. The summed E-state index contributed by atoms with van der Waals surface area (Å²) in [7, 11) is 1.92. The molecule has 1 saturated carbocycles. The predicted molar refractivity (Wildman–Crippen MR) is 157 cm³/mol. The van der Waals surface area contributed by atoms with E-state index >= 15 is 0 Å². The molecule has 0 radical (unpaired) electrons. The summed E-state index contributed by atoms with van der Waals surface area (Å²) >= 11 is 6.01. The molecule has 1 aromatic heterocycles. The van der Waals surface area contributed by atoms with Crippen molar-refractivity contribution in [3.63, 3.8) is 0 Å². The Hall–Kier alpha value is -2.69. The van der Waals surface area contributed by atoms with Gasteiger partial charge in [0.15, 0.2) is 0 Å². The summed E-state index contributed by atoms with van der Waals surface area (Å²) in [5, 5.41) is 0.706. The highest BCUT2D eigenvalue weighted by atomic mass is 35.5. The normalized spacial score (nSPS) is 18.0. The fourth-order valence-electron chi connectivity index (χ4n) is 6.25. The van der Waals surface area contributed by atoms with Crippen molar-refractivity contribution in [1.29, 1.82) is 0 Å². The van der Waals surface area contributed by atoms with E-state index in [1.807, 2.05) is 48.3 Å². The van der Waals surface area contributed by atoms with E-state index in [0.717, 1.165) is 43.0 Å². The van der Waals surface area contributed by atoms with Crippen molar-refractivity contribution < 1.29 is 4.79 Å². The van der Waals surface area contributed by atoms with E-state index in [4.69, 9.17) is 11.6 Å². The summed E-state index contributed by atoms with van der Waals surface area (Å²) in [6.45, 7) is 5.71. The van der Waals surface area contributed by atoms with Crippen molar-refractivity contribution in [3.8, 4) is 11.1 Å². The van der Waals surface area contributed by atoms with Crippen molar-refractivity contribution in [3.05, 3.63) is 88.2 Å². The van der Waals surface area contributed by atoms with Gasteiger partial charge in [-0.15, -0.1) is 0 Å². The third-order valence-corrected chi connectivity index (χ3v) is 8.83. The maximum absolute atomic E-state index is 13.3. The van der Waals surface area contributed by atoms with E-state index in [2.05, 4.69) is 41.9 Å². The molecule has 0 bridgehead atoms. The van der Waals surface area contributed by atoms with Crippen LogP contribution in [0.5, 0.6) is 0 Å². The van der Waals surface area contributed by atoms with Crippen molar-refractivity contribution >= 4 is 17.5 Å². The quantitative estimate of drug-likeness (QED) is 0.316. The largest absolute Gasteiger partial charge is 0.337 e. The molecule has 1 atom stereocenters. The van der Waals surface area contributed by atoms with Gasteiger partial charge in [0.2, 0.25) is 0 Å². The standard InChI is InChI=1S/C33H40ClN3O/c1-23(2)37(30-7-5-4-6-8-30)22-24-9-10-27-20-31(17-13-26(27)19-24)36(3)33(38)32-18-14-28(21-35-32)25-11-15-29(34)16-12-25/h9-12,14-16,18-19,21,23,30-31H,4-8,13,17,20,22H2,1-3H3. The summed E-state index contributed by atoms with van der Waals surface area (Å²) in [4.78, 5) is 22.4. The number of hydrogen-bond acceptors (Lipinski definition) is 3. The maximum Gasteiger partial charge on any atom is 0.272 e. The summed E-state index contributed by atoms with van der Waals surface area (Å²) in [6.07, 6.45) is 11.5.